The fourth-order valence-corrected chi connectivity index (χ4v) is 2.80. The van der Waals surface area contributed by atoms with E-state index in [1.54, 1.807) is 36.4 Å². The third-order valence-electron chi connectivity index (χ3n) is 4.28. The highest BCUT2D eigenvalue weighted by atomic mass is 16.5. The molecule has 162 valence electrons. The molecule has 31 heavy (non-hydrogen) atoms. The van der Waals surface area contributed by atoms with Crippen molar-refractivity contribution in [2.75, 3.05) is 7.11 Å². The molecule has 2 amide bonds. The van der Waals surface area contributed by atoms with E-state index in [0.29, 0.717) is 22.4 Å². The Morgan fingerprint density at radius 1 is 1.10 bits per heavy atom. The Morgan fingerprint density at radius 2 is 1.87 bits per heavy atom. The van der Waals surface area contributed by atoms with Crippen LogP contribution in [0.2, 0.25) is 0 Å². The number of carbonyl (C=O) groups excluding carboxylic acids is 2. The number of aromatic nitrogens is 3. The van der Waals surface area contributed by atoms with E-state index in [9.17, 15) is 14.4 Å². The number of fused-ring (bicyclic) bond motifs is 1. The largest absolute Gasteiger partial charge is 0.493 e. The van der Waals surface area contributed by atoms with Crippen LogP contribution in [0.1, 0.15) is 30.6 Å². The molecule has 1 aromatic heterocycles. The van der Waals surface area contributed by atoms with Gasteiger partial charge in [-0.1, -0.05) is 17.3 Å². The first-order valence-electron chi connectivity index (χ1n) is 9.65. The summed E-state index contributed by atoms with van der Waals surface area (Å²) in [5.74, 6) is -0.0886. The molecule has 0 aliphatic heterocycles. The number of amides is 2. The van der Waals surface area contributed by atoms with Crippen LogP contribution in [-0.4, -0.2) is 40.0 Å². The Kier molecular flexibility index (Phi) is 6.81. The van der Waals surface area contributed by atoms with E-state index in [-0.39, 0.29) is 30.2 Å². The Labute approximate surface area is 178 Å². The molecule has 10 heteroatoms. The molecule has 0 saturated heterocycles. The van der Waals surface area contributed by atoms with Crippen molar-refractivity contribution in [2.24, 2.45) is 0 Å². The number of nitrogens with zero attached hydrogens (tertiary/aromatic N) is 3. The van der Waals surface area contributed by atoms with E-state index in [0.717, 1.165) is 4.68 Å². The standard InChI is InChI=1S/C21H23N5O5/c1-13(2)31-17-9-8-14(12-18(17)30-3)20(28)24-23-19(27)10-11-26-21(29)15-6-4-5-7-16(15)22-25-26/h4-9,12-13H,10-11H2,1-3H3,(H,23,27)(H,24,28). The van der Waals surface area contributed by atoms with Gasteiger partial charge in [0, 0.05) is 12.0 Å². The normalized spacial score (nSPS) is 10.7. The molecular weight excluding hydrogens is 402 g/mol. The van der Waals surface area contributed by atoms with E-state index in [1.807, 2.05) is 13.8 Å². The van der Waals surface area contributed by atoms with E-state index in [1.165, 1.54) is 13.2 Å². The SMILES string of the molecule is COc1cc(C(=O)NNC(=O)CCn2nnc3ccccc3c2=O)ccc1OC(C)C. The maximum absolute atomic E-state index is 12.4. The number of ether oxygens (including phenoxy) is 2. The summed E-state index contributed by atoms with van der Waals surface area (Å²) in [6.45, 7) is 3.79. The number of nitrogens with one attached hydrogen (secondary N) is 2. The number of aryl methyl sites for hydroxylation is 1. The predicted octanol–water partition coefficient (Wildman–Crippen LogP) is 1.44. The second-order valence-corrected chi connectivity index (χ2v) is 6.92. The van der Waals surface area contributed by atoms with Crippen LogP contribution in [0, 0.1) is 0 Å². The topological polar surface area (TPSA) is 124 Å². The first-order chi connectivity index (χ1) is 14.9. The molecule has 0 aliphatic carbocycles. The molecule has 0 fully saturated rings. The molecule has 0 spiro atoms. The second kappa shape index (κ2) is 9.70. The zero-order chi connectivity index (χ0) is 22.4. The van der Waals surface area contributed by atoms with Crippen LogP contribution >= 0.6 is 0 Å². The summed E-state index contributed by atoms with van der Waals surface area (Å²) in [6, 6.07) is 11.5. The zero-order valence-corrected chi connectivity index (χ0v) is 17.4. The molecule has 1 heterocycles. The van der Waals surface area contributed by atoms with Crippen molar-refractivity contribution < 1.29 is 19.1 Å². The first-order valence-corrected chi connectivity index (χ1v) is 9.65. The Bertz CT molecular complexity index is 1160. The lowest BCUT2D eigenvalue weighted by Gasteiger charge is -2.14. The molecule has 2 N–H and O–H groups in total. The summed E-state index contributed by atoms with van der Waals surface area (Å²) >= 11 is 0. The molecule has 0 radical (unpaired) electrons. The first kappa shape index (κ1) is 21.8. The number of hydrogen-bond acceptors (Lipinski definition) is 7. The van der Waals surface area contributed by atoms with E-state index in [4.69, 9.17) is 9.47 Å². The number of rotatable bonds is 7. The Morgan fingerprint density at radius 3 is 2.61 bits per heavy atom. The number of benzene rings is 2. The Hall–Kier alpha value is -3.95. The van der Waals surface area contributed by atoms with Crippen LogP contribution in [0.4, 0.5) is 0 Å². The zero-order valence-electron chi connectivity index (χ0n) is 17.4. The molecule has 0 bridgehead atoms. The van der Waals surface area contributed by atoms with Gasteiger partial charge in [0.2, 0.25) is 5.91 Å². The van der Waals surface area contributed by atoms with Gasteiger partial charge in [0.25, 0.3) is 11.5 Å². The molecule has 0 unspecified atom stereocenters. The maximum Gasteiger partial charge on any atom is 0.277 e. The molecular formula is C21H23N5O5. The summed E-state index contributed by atoms with van der Waals surface area (Å²) in [6.07, 6.45) is -0.120. The van der Waals surface area contributed by atoms with Gasteiger partial charge in [-0.25, -0.2) is 4.68 Å². The minimum absolute atomic E-state index is 0.0213. The van der Waals surface area contributed by atoms with Gasteiger partial charge >= 0.3 is 0 Å². The summed E-state index contributed by atoms with van der Waals surface area (Å²) in [4.78, 5) is 36.8. The number of hydrogen-bond donors (Lipinski definition) is 2. The lowest BCUT2D eigenvalue weighted by molar-refractivity contribution is -0.122. The molecule has 0 saturated carbocycles. The minimum Gasteiger partial charge on any atom is -0.493 e. The van der Waals surface area contributed by atoms with E-state index in [2.05, 4.69) is 21.2 Å². The number of methoxy groups -OCH3 is 1. The van der Waals surface area contributed by atoms with Crippen molar-refractivity contribution in [2.45, 2.75) is 32.9 Å². The van der Waals surface area contributed by atoms with Gasteiger partial charge < -0.3 is 9.47 Å². The molecule has 0 aliphatic rings. The van der Waals surface area contributed by atoms with E-state index < -0.39 is 11.8 Å². The molecule has 10 nitrogen and oxygen atoms in total. The van der Waals surface area contributed by atoms with Crippen LogP contribution in [0.3, 0.4) is 0 Å². The average molecular weight is 425 g/mol. The highest BCUT2D eigenvalue weighted by Gasteiger charge is 2.13. The maximum atomic E-state index is 12.4. The van der Waals surface area contributed by atoms with Crippen molar-refractivity contribution in [3.63, 3.8) is 0 Å². The van der Waals surface area contributed by atoms with Gasteiger partial charge in [0.05, 0.1) is 25.1 Å². The van der Waals surface area contributed by atoms with Crippen molar-refractivity contribution in [1.29, 1.82) is 0 Å². The van der Waals surface area contributed by atoms with Crippen LogP contribution in [0.15, 0.2) is 47.3 Å². The molecule has 0 atom stereocenters. The lowest BCUT2D eigenvalue weighted by atomic mass is 10.2. The fourth-order valence-electron chi connectivity index (χ4n) is 2.80. The van der Waals surface area contributed by atoms with Crippen molar-refractivity contribution >= 4 is 22.7 Å². The molecule has 3 rings (SSSR count). The summed E-state index contributed by atoms with van der Waals surface area (Å²) in [5, 5.41) is 8.22. The Balaban J connectivity index is 1.57. The molecule has 2 aromatic carbocycles. The summed E-state index contributed by atoms with van der Waals surface area (Å²) in [5.41, 5.74) is 5.08. The van der Waals surface area contributed by atoms with Gasteiger partial charge in [-0.05, 0) is 44.2 Å². The highest BCUT2D eigenvalue weighted by Crippen LogP contribution is 2.28. The van der Waals surface area contributed by atoms with E-state index >= 15 is 0 Å². The third-order valence-corrected chi connectivity index (χ3v) is 4.28. The summed E-state index contributed by atoms with van der Waals surface area (Å²) < 4.78 is 12.0. The van der Waals surface area contributed by atoms with Crippen molar-refractivity contribution in [3.8, 4) is 11.5 Å². The van der Waals surface area contributed by atoms with Gasteiger partial charge in [-0.3, -0.25) is 25.2 Å². The average Bonchev–Trinajstić information content (AvgIpc) is 2.77. The second-order valence-electron chi connectivity index (χ2n) is 6.92. The van der Waals surface area contributed by atoms with Gasteiger partial charge in [-0.2, -0.15) is 0 Å². The minimum atomic E-state index is -0.523. The van der Waals surface area contributed by atoms with Crippen LogP contribution in [0.25, 0.3) is 10.9 Å². The lowest BCUT2D eigenvalue weighted by Crippen LogP contribution is -2.42. The number of hydrazine groups is 1. The van der Waals surface area contributed by atoms with Gasteiger partial charge in [-0.15, -0.1) is 5.10 Å². The van der Waals surface area contributed by atoms with Crippen molar-refractivity contribution in [1.82, 2.24) is 25.8 Å². The summed E-state index contributed by atoms with van der Waals surface area (Å²) in [7, 11) is 1.48. The van der Waals surface area contributed by atoms with Crippen LogP contribution < -0.4 is 25.9 Å². The monoisotopic (exact) mass is 425 g/mol. The van der Waals surface area contributed by atoms with Crippen LogP contribution in [0.5, 0.6) is 11.5 Å². The van der Waals surface area contributed by atoms with Crippen LogP contribution in [-0.2, 0) is 11.3 Å². The number of carbonyl (C=O) groups is 2. The third kappa shape index (κ3) is 5.35. The smallest absolute Gasteiger partial charge is 0.277 e. The fraction of sp³-hybridized carbons (Fsp3) is 0.286. The highest BCUT2D eigenvalue weighted by molar-refractivity contribution is 5.96. The quantitative estimate of drug-likeness (QED) is 0.549. The molecule has 3 aromatic rings. The van der Waals surface area contributed by atoms with Gasteiger partial charge in [0.15, 0.2) is 11.5 Å². The van der Waals surface area contributed by atoms with Crippen molar-refractivity contribution in [3.05, 3.63) is 58.4 Å². The van der Waals surface area contributed by atoms with Gasteiger partial charge in [0.1, 0.15) is 5.52 Å². The predicted molar refractivity (Wildman–Crippen MR) is 113 cm³/mol.